The molecule has 0 spiro atoms. The molecule has 0 aliphatic carbocycles. The van der Waals surface area contributed by atoms with Crippen LogP contribution in [0, 0.1) is 11.3 Å². The van der Waals surface area contributed by atoms with E-state index in [0.717, 1.165) is 18.7 Å². The van der Waals surface area contributed by atoms with Gasteiger partial charge in [-0.1, -0.05) is 12.1 Å². The molecule has 0 amide bonds. The first kappa shape index (κ1) is 13.8. The van der Waals surface area contributed by atoms with E-state index in [1.54, 1.807) is 0 Å². The molecule has 1 aliphatic rings. The van der Waals surface area contributed by atoms with E-state index in [-0.39, 0.29) is 18.4 Å². The van der Waals surface area contributed by atoms with Crippen LogP contribution < -0.4 is 10.6 Å². The smallest absolute Gasteiger partial charge is 0.0641 e. The topological polar surface area (TPSA) is 53.1 Å². The van der Waals surface area contributed by atoms with Crippen molar-refractivity contribution in [1.82, 2.24) is 0 Å². The van der Waals surface area contributed by atoms with Gasteiger partial charge in [-0.05, 0) is 30.5 Å². The van der Waals surface area contributed by atoms with Crippen molar-refractivity contribution >= 4 is 18.1 Å². The van der Waals surface area contributed by atoms with Gasteiger partial charge in [-0.3, -0.25) is 0 Å². The minimum atomic E-state index is -0.155. The zero-order chi connectivity index (χ0) is 11.4. The number of nitrogens with zero attached hydrogens (tertiary/aromatic N) is 2. The molecule has 0 saturated carbocycles. The van der Waals surface area contributed by atoms with Crippen molar-refractivity contribution in [2.24, 2.45) is 5.73 Å². The van der Waals surface area contributed by atoms with Gasteiger partial charge < -0.3 is 10.6 Å². The fourth-order valence-electron chi connectivity index (χ4n) is 2.12. The number of nitrogens with two attached hydrogens (primary N) is 1. The molecular formula is C13H18ClN3. The van der Waals surface area contributed by atoms with Crippen LogP contribution in [0.3, 0.4) is 0 Å². The highest BCUT2D eigenvalue weighted by Crippen LogP contribution is 2.22. The highest BCUT2D eigenvalue weighted by molar-refractivity contribution is 5.85. The van der Waals surface area contributed by atoms with Crippen LogP contribution in [-0.2, 0) is 0 Å². The van der Waals surface area contributed by atoms with Crippen LogP contribution in [0.25, 0.3) is 0 Å². The van der Waals surface area contributed by atoms with Crippen molar-refractivity contribution in [3.8, 4) is 6.07 Å². The van der Waals surface area contributed by atoms with E-state index in [1.807, 2.05) is 12.1 Å². The van der Waals surface area contributed by atoms with Crippen LogP contribution in [0.4, 0.5) is 5.69 Å². The third-order valence-corrected chi connectivity index (χ3v) is 3.10. The van der Waals surface area contributed by atoms with Crippen molar-refractivity contribution in [1.29, 1.82) is 5.26 Å². The summed E-state index contributed by atoms with van der Waals surface area (Å²) >= 11 is 0. The maximum Gasteiger partial charge on any atom is 0.0641 e. The van der Waals surface area contributed by atoms with Gasteiger partial charge in [0.15, 0.2) is 0 Å². The number of hydrogen-bond acceptors (Lipinski definition) is 3. The Morgan fingerprint density at radius 1 is 1.24 bits per heavy atom. The molecule has 1 aliphatic heterocycles. The lowest BCUT2D eigenvalue weighted by Crippen LogP contribution is -2.17. The Morgan fingerprint density at radius 2 is 1.82 bits per heavy atom. The Kier molecular flexibility index (Phi) is 5.27. The molecule has 0 radical (unpaired) electrons. The van der Waals surface area contributed by atoms with Crippen LogP contribution in [0.1, 0.15) is 30.9 Å². The quantitative estimate of drug-likeness (QED) is 0.899. The Morgan fingerprint density at radius 3 is 2.35 bits per heavy atom. The minimum absolute atomic E-state index is 0. The molecule has 0 aromatic heterocycles. The second kappa shape index (κ2) is 6.48. The number of benzene rings is 1. The number of nitriles is 1. The van der Waals surface area contributed by atoms with Crippen LogP contribution in [0.2, 0.25) is 0 Å². The predicted octanol–water partition coefficient (Wildman–Crippen LogP) is 2.62. The maximum absolute atomic E-state index is 8.59. The van der Waals surface area contributed by atoms with Gasteiger partial charge in [-0.15, -0.1) is 12.4 Å². The summed E-state index contributed by atoms with van der Waals surface area (Å²) in [6, 6.07) is 10.2. The summed E-state index contributed by atoms with van der Waals surface area (Å²) in [5, 5.41) is 8.59. The van der Waals surface area contributed by atoms with E-state index in [0.29, 0.717) is 6.42 Å². The lowest BCUT2D eigenvalue weighted by Gasteiger charge is -2.18. The summed E-state index contributed by atoms with van der Waals surface area (Å²) in [4.78, 5) is 2.39. The molecule has 0 unspecified atom stereocenters. The summed E-state index contributed by atoms with van der Waals surface area (Å²) in [6.07, 6.45) is 2.95. The van der Waals surface area contributed by atoms with Gasteiger partial charge in [0.2, 0.25) is 0 Å². The summed E-state index contributed by atoms with van der Waals surface area (Å²) in [7, 11) is 0. The van der Waals surface area contributed by atoms with E-state index >= 15 is 0 Å². The van der Waals surface area contributed by atoms with Gasteiger partial charge in [0.1, 0.15) is 0 Å². The number of hydrogen-bond donors (Lipinski definition) is 1. The van der Waals surface area contributed by atoms with Crippen molar-refractivity contribution in [2.75, 3.05) is 18.0 Å². The van der Waals surface area contributed by atoms with E-state index in [1.165, 1.54) is 18.5 Å². The molecule has 4 heteroatoms. The largest absolute Gasteiger partial charge is 0.372 e. The molecule has 1 heterocycles. The first-order valence-corrected chi connectivity index (χ1v) is 5.78. The Hall–Kier alpha value is -1.24. The summed E-state index contributed by atoms with van der Waals surface area (Å²) < 4.78 is 0. The zero-order valence-corrected chi connectivity index (χ0v) is 10.6. The minimum Gasteiger partial charge on any atom is -0.372 e. The molecule has 0 bridgehead atoms. The third kappa shape index (κ3) is 3.36. The van der Waals surface area contributed by atoms with E-state index in [9.17, 15) is 0 Å². The molecular weight excluding hydrogens is 234 g/mol. The first-order valence-electron chi connectivity index (χ1n) is 5.78. The van der Waals surface area contributed by atoms with Crippen molar-refractivity contribution in [3.63, 3.8) is 0 Å². The van der Waals surface area contributed by atoms with Crippen LogP contribution >= 0.6 is 12.4 Å². The molecule has 1 fully saturated rings. The van der Waals surface area contributed by atoms with Gasteiger partial charge >= 0.3 is 0 Å². The molecule has 1 atom stereocenters. The van der Waals surface area contributed by atoms with Gasteiger partial charge in [0, 0.05) is 24.8 Å². The second-order valence-corrected chi connectivity index (χ2v) is 4.25. The lowest BCUT2D eigenvalue weighted by atomic mass is 10.0. The highest BCUT2D eigenvalue weighted by Gasteiger charge is 2.12. The van der Waals surface area contributed by atoms with Crippen LogP contribution in [-0.4, -0.2) is 13.1 Å². The zero-order valence-electron chi connectivity index (χ0n) is 9.80. The average molecular weight is 252 g/mol. The first-order chi connectivity index (χ1) is 7.81. The monoisotopic (exact) mass is 251 g/mol. The average Bonchev–Trinajstić information content (AvgIpc) is 2.83. The fourth-order valence-corrected chi connectivity index (χ4v) is 2.12. The maximum atomic E-state index is 8.59. The van der Waals surface area contributed by atoms with E-state index < -0.39 is 0 Å². The molecule has 1 saturated heterocycles. The molecule has 2 rings (SSSR count). The highest BCUT2D eigenvalue weighted by atomic mass is 35.5. The number of anilines is 1. The van der Waals surface area contributed by atoms with Crippen LogP contribution in [0.15, 0.2) is 24.3 Å². The Bertz CT molecular complexity index is 377. The molecule has 17 heavy (non-hydrogen) atoms. The SMILES string of the molecule is Cl.N#CC[C@@H](N)c1ccc(N2CCCC2)cc1. The Balaban J connectivity index is 0.00000144. The fraction of sp³-hybridized carbons (Fsp3) is 0.462. The molecule has 1 aromatic rings. The van der Waals surface area contributed by atoms with Gasteiger partial charge in [-0.2, -0.15) is 5.26 Å². The van der Waals surface area contributed by atoms with Crippen molar-refractivity contribution in [3.05, 3.63) is 29.8 Å². The van der Waals surface area contributed by atoms with Gasteiger partial charge in [0.25, 0.3) is 0 Å². The standard InChI is InChI=1S/C13H17N3.ClH/c14-8-7-13(15)11-3-5-12(6-4-11)16-9-1-2-10-16;/h3-6,13H,1-2,7,9-10,15H2;1H/t13-;/m1./s1. The van der Waals surface area contributed by atoms with E-state index in [4.69, 9.17) is 11.0 Å². The summed E-state index contributed by atoms with van der Waals surface area (Å²) in [5.41, 5.74) is 8.19. The van der Waals surface area contributed by atoms with Gasteiger partial charge in [0.05, 0.1) is 12.5 Å². The second-order valence-electron chi connectivity index (χ2n) is 4.25. The number of halogens is 1. The predicted molar refractivity (Wildman–Crippen MR) is 72.3 cm³/mol. The Labute approximate surface area is 109 Å². The van der Waals surface area contributed by atoms with Crippen molar-refractivity contribution < 1.29 is 0 Å². The lowest BCUT2D eigenvalue weighted by molar-refractivity contribution is 0.748. The summed E-state index contributed by atoms with van der Waals surface area (Å²) in [5.74, 6) is 0. The molecule has 92 valence electrons. The van der Waals surface area contributed by atoms with Crippen LogP contribution in [0.5, 0.6) is 0 Å². The third-order valence-electron chi connectivity index (χ3n) is 3.10. The van der Waals surface area contributed by atoms with Crippen molar-refractivity contribution in [2.45, 2.75) is 25.3 Å². The normalized spacial score (nSPS) is 16.1. The molecule has 1 aromatic carbocycles. The van der Waals surface area contributed by atoms with E-state index in [2.05, 4.69) is 23.1 Å². The van der Waals surface area contributed by atoms with Gasteiger partial charge in [-0.25, -0.2) is 0 Å². The molecule has 2 N–H and O–H groups in total. The summed E-state index contributed by atoms with van der Waals surface area (Å²) in [6.45, 7) is 2.31. The molecule has 3 nitrogen and oxygen atoms in total. The number of rotatable bonds is 3.